The zero-order chi connectivity index (χ0) is 19.9. The molecule has 7 nitrogen and oxygen atoms in total. The SMILES string of the molecule is CCNC(=NCC(C)(O)c1cc(C)oc1C)NCC(C)CN1CCOCC1.I. The van der Waals surface area contributed by atoms with Gasteiger partial charge in [0.2, 0.25) is 0 Å². The lowest BCUT2D eigenvalue weighted by molar-refractivity contribution is 0.0320. The molecule has 1 aliphatic rings. The van der Waals surface area contributed by atoms with Crippen LogP contribution in [0.2, 0.25) is 0 Å². The van der Waals surface area contributed by atoms with Gasteiger partial charge in [0.1, 0.15) is 17.1 Å². The van der Waals surface area contributed by atoms with E-state index >= 15 is 0 Å². The zero-order valence-corrected chi connectivity index (χ0v) is 20.2. The van der Waals surface area contributed by atoms with Crippen molar-refractivity contribution < 1.29 is 14.3 Å². The van der Waals surface area contributed by atoms with Gasteiger partial charge in [0.05, 0.1) is 19.8 Å². The lowest BCUT2D eigenvalue weighted by Gasteiger charge is -2.29. The molecular formula is C20H37IN4O3. The van der Waals surface area contributed by atoms with Crippen LogP contribution in [0.15, 0.2) is 15.5 Å². The minimum atomic E-state index is -1.07. The number of halogens is 1. The van der Waals surface area contributed by atoms with Gasteiger partial charge in [0.15, 0.2) is 5.96 Å². The second-order valence-electron chi connectivity index (χ2n) is 7.69. The van der Waals surface area contributed by atoms with Crippen LogP contribution in [-0.2, 0) is 10.3 Å². The Bertz CT molecular complexity index is 613. The molecule has 28 heavy (non-hydrogen) atoms. The van der Waals surface area contributed by atoms with Crippen molar-refractivity contribution in [2.24, 2.45) is 10.9 Å². The van der Waals surface area contributed by atoms with Crippen LogP contribution >= 0.6 is 24.0 Å². The Kier molecular flexibility index (Phi) is 10.8. The average Bonchev–Trinajstić information content (AvgIpc) is 2.97. The number of rotatable bonds is 8. The first-order valence-electron chi connectivity index (χ1n) is 9.94. The molecule has 0 amide bonds. The fourth-order valence-electron chi connectivity index (χ4n) is 3.39. The van der Waals surface area contributed by atoms with Gasteiger partial charge in [-0.1, -0.05) is 6.92 Å². The van der Waals surface area contributed by atoms with Crippen LogP contribution in [0.3, 0.4) is 0 Å². The quantitative estimate of drug-likeness (QED) is 0.284. The Morgan fingerprint density at radius 2 is 2.00 bits per heavy atom. The van der Waals surface area contributed by atoms with Crippen molar-refractivity contribution in [2.45, 2.75) is 40.2 Å². The number of hydrogen-bond acceptors (Lipinski definition) is 5. The van der Waals surface area contributed by atoms with Crippen molar-refractivity contribution in [1.82, 2.24) is 15.5 Å². The van der Waals surface area contributed by atoms with E-state index in [1.165, 1.54) is 0 Å². The molecule has 3 N–H and O–H groups in total. The van der Waals surface area contributed by atoms with Crippen LogP contribution in [0, 0.1) is 19.8 Å². The normalized spacial score (nSPS) is 18.9. The van der Waals surface area contributed by atoms with Crippen molar-refractivity contribution >= 4 is 29.9 Å². The Morgan fingerprint density at radius 3 is 2.57 bits per heavy atom. The molecular weight excluding hydrogens is 471 g/mol. The number of ether oxygens (including phenoxy) is 1. The number of nitrogens with one attached hydrogen (secondary N) is 2. The van der Waals surface area contributed by atoms with Gasteiger partial charge in [0, 0.05) is 38.3 Å². The first kappa shape index (κ1) is 25.2. The molecule has 2 atom stereocenters. The maximum absolute atomic E-state index is 10.8. The van der Waals surface area contributed by atoms with Crippen molar-refractivity contribution in [1.29, 1.82) is 0 Å². The van der Waals surface area contributed by atoms with Crippen LogP contribution in [0.1, 0.15) is 37.9 Å². The van der Waals surface area contributed by atoms with Crippen LogP contribution in [-0.4, -0.2) is 68.4 Å². The molecule has 1 aromatic rings. The van der Waals surface area contributed by atoms with E-state index in [2.05, 4.69) is 27.4 Å². The van der Waals surface area contributed by atoms with Gasteiger partial charge in [-0.25, -0.2) is 4.99 Å². The zero-order valence-electron chi connectivity index (χ0n) is 17.9. The molecule has 1 fully saturated rings. The third kappa shape index (κ3) is 7.88. The Morgan fingerprint density at radius 1 is 1.32 bits per heavy atom. The second-order valence-corrected chi connectivity index (χ2v) is 7.69. The minimum absolute atomic E-state index is 0. The number of aliphatic hydroxyl groups is 1. The summed E-state index contributed by atoms with van der Waals surface area (Å²) in [5.74, 6) is 2.76. The van der Waals surface area contributed by atoms with Crippen LogP contribution in [0.25, 0.3) is 0 Å². The number of morpholine rings is 1. The van der Waals surface area contributed by atoms with Crippen molar-refractivity contribution in [3.05, 3.63) is 23.2 Å². The molecule has 0 radical (unpaired) electrons. The molecule has 8 heteroatoms. The highest BCUT2D eigenvalue weighted by Gasteiger charge is 2.27. The third-order valence-corrected chi connectivity index (χ3v) is 4.80. The molecule has 2 unspecified atom stereocenters. The number of furan rings is 1. The van der Waals surface area contributed by atoms with Crippen LogP contribution in [0.4, 0.5) is 0 Å². The largest absolute Gasteiger partial charge is 0.466 e. The summed E-state index contributed by atoms with van der Waals surface area (Å²) in [6.45, 7) is 16.4. The number of guanidine groups is 1. The highest BCUT2D eigenvalue weighted by molar-refractivity contribution is 14.0. The first-order valence-corrected chi connectivity index (χ1v) is 9.94. The van der Waals surface area contributed by atoms with Crippen LogP contribution < -0.4 is 10.6 Å². The van der Waals surface area contributed by atoms with Crippen molar-refractivity contribution in [3.8, 4) is 0 Å². The summed E-state index contributed by atoms with van der Waals surface area (Å²) >= 11 is 0. The van der Waals surface area contributed by atoms with Crippen molar-refractivity contribution in [3.63, 3.8) is 0 Å². The topological polar surface area (TPSA) is 82.3 Å². The second kappa shape index (κ2) is 12.0. The van der Waals surface area contributed by atoms with E-state index in [9.17, 15) is 5.11 Å². The van der Waals surface area contributed by atoms with Gasteiger partial charge in [-0.05, 0) is 39.7 Å². The molecule has 162 valence electrons. The number of aryl methyl sites for hydroxylation is 2. The summed E-state index contributed by atoms with van der Waals surface area (Å²) in [5, 5.41) is 17.5. The first-order chi connectivity index (χ1) is 12.8. The summed E-state index contributed by atoms with van der Waals surface area (Å²) in [6.07, 6.45) is 0. The molecule has 0 saturated carbocycles. The van der Waals surface area contributed by atoms with Gasteiger partial charge in [-0.15, -0.1) is 24.0 Å². The maximum Gasteiger partial charge on any atom is 0.191 e. The average molecular weight is 508 g/mol. The summed E-state index contributed by atoms with van der Waals surface area (Å²) in [5.41, 5.74) is -0.274. The fraction of sp³-hybridized carbons (Fsp3) is 0.750. The number of nitrogens with zero attached hydrogens (tertiary/aromatic N) is 2. The molecule has 0 bridgehead atoms. The van der Waals surface area contributed by atoms with E-state index in [-0.39, 0.29) is 30.5 Å². The number of hydrogen-bond donors (Lipinski definition) is 3. The molecule has 0 aliphatic carbocycles. The fourth-order valence-corrected chi connectivity index (χ4v) is 3.39. The summed E-state index contributed by atoms with van der Waals surface area (Å²) in [7, 11) is 0. The smallest absolute Gasteiger partial charge is 0.191 e. The Hall–Kier alpha value is -0.840. The van der Waals surface area contributed by atoms with E-state index in [4.69, 9.17) is 9.15 Å². The summed E-state index contributed by atoms with van der Waals surface area (Å²) in [6, 6.07) is 1.88. The molecule has 2 rings (SSSR count). The van der Waals surface area contributed by atoms with E-state index < -0.39 is 5.60 Å². The molecule has 1 saturated heterocycles. The van der Waals surface area contributed by atoms with E-state index in [1.54, 1.807) is 6.92 Å². The van der Waals surface area contributed by atoms with Gasteiger partial charge in [-0.2, -0.15) is 0 Å². The molecule has 2 heterocycles. The maximum atomic E-state index is 10.8. The predicted molar refractivity (Wildman–Crippen MR) is 124 cm³/mol. The predicted octanol–water partition coefficient (Wildman–Crippen LogP) is 2.25. The highest BCUT2D eigenvalue weighted by atomic mass is 127. The van der Waals surface area contributed by atoms with Gasteiger partial charge < -0.3 is 24.9 Å². The Labute approximate surface area is 186 Å². The van der Waals surface area contributed by atoms with Gasteiger partial charge in [-0.3, -0.25) is 4.90 Å². The van der Waals surface area contributed by atoms with Gasteiger partial charge >= 0.3 is 0 Å². The molecule has 1 aromatic heterocycles. The summed E-state index contributed by atoms with van der Waals surface area (Å²) in [4.78, 5) is 7.04. The minimum Gasteiger partial charge on any atom is -0.466 e. The highest BCUT2D eigenvalue weighted by Crippen LogP contribution is 2.27. The van der Waals surface area contributed by atoms with Gasteiger partial charge in [0.25, 0.3) is 0 Å². The molecule has 0 aromatic carbocycles. The number of aliphatic imine (C=N–C) groups is 1. The van der Waals surface area contributed by atoms with E-state index in [0.29, 0.717) is 5.92 Å². The standard InChI is InChI=1S/C20H36N4O3.HI/c1-6-21-19(22-12-15(2)13-24-7-9-26-10-8-24)23-14-20(5,25)18-11-16(3)27-17(18)4;/h11,15,25H,6-10,12-14H2,1-5H3,(H2,21,22,23);1H. The molecule has 0 spiro atoms. The van der Waals surface area contributed by atoms with E-state index in [0.717, 1.165) is 69.0 Å². The Balaban J connectivity index is 0.00000392. The van der Waals surface area contributed by atoms with E-state index in [1.807, 2.05) is 26.8 Å². The lowest BCUT2D eigenvalue weighted by atomic mass is 9.96. The monoisotopic (exact) mass is 508 g/mol. The molecule has 1 aliphatic heterocycles. The third-order valence-electron chi connectivity index (χ3n) is 4.80. The lowest BCUT2D eigenvalue weighted by Crippen LogP contribution is -2.44. The summed E-state index contributed by atoms with van der Waals surface area (Å²) < 4.78 is 11.0. The van der Waals surface area contributed by atoms with Crippen LogP contribution in [0.5, 0.6) is 0 Å². The van der Waals surface area contributed by atoms with Crippen molar-refractivity contribution in [2.75, 3.05) is 52.5 Å².